The molecule has 0 aromatic carbocycles. The molecule has 9 heavy (non-hydrogen) atoms. The maximum Gasteiger partial charge on any atom is 0.188 e. The summed E-state index contributed by atoms with van der Waals surface area (Å²) in [5, 5.41) is 0. The summed E-state index contributed by atoms with van der Waals surface area (Å²) in [6.45, 7) is 3.23. The Bertz CT molecular complexity index is 129. The third kappa shape index (κ3) is 5.69. The summed E-state index contributed by atoms with van der Waals surface area (Å²) in [5.74, 6) is 0. The molecular weight excluding hydrogens is 185 g/mol. The molecule has 1 nitrogen and oxygen atoms in total. The highest BCUT2D eigenvalue weighted by atomic mass is 79.9. The molecule has 0 fully saturated rings. The van der Waals surface area contributed by atoms with Gasteiger partial charge in [-0.1, -0.05) is 6.08 Å². The van der Waals surface area contributed by atoms with Crippen molar-refractivity contribution >= 4 is 20.6 Å². The summed E-state index contributed by atoms with van der Waals surface area (Å²) in [6, 6.07) is 0. The third-order valence-corrected chi connectivity index (χ3v) is 1.07. The molecule has 0 N–H and O–H groups in total. The molecule has 0 radical (unpaired) electrons. The lowest BCUT2D eigenvalue weighted by Crippen LogP contribution is -1.89. The van der Waals surface area contributed by atoms with Gasteiger partial charge in [0.05, 0.1) is 0 Å². The van der Waals surface area contributed by atoms with E-state index in [1.807, 2.05) is 6.92 Å². The monoisotopic (exact) mass is 193 g/mol. The Kier molecular flexibility index (Phi) is 4.58. The second-order valence-electron chi connectivity index (χ2n) is 1.53. The van der Waals surface area contributed by atoms with Crippen LogP contribution in [-0.2, 0) is 0 Å². The van der Waals surface area contributed by atoms with Gasteiger partial charge in [0.15, 0.2) is 6.30 Å². The molecule has 0 bridgehead atoms. The molecule has 0 amide bonds. The molecule has 0 rings (SSSR count). The summed E-state index contributed by atoms with van der Waals surface area (Å²) < 4.78 is 12.6. The van der Waals surface area contributed by atoms with E-state index >= 15 is 0 Å². The third-order valence-electron chi connectivity index (χ3n) is 0.605. The van der Waals surface area contributed by atoms with Gasteiger partial charge in [0, 0.05) is 0 Å². The van der Waals surface area contributed by atoms with E-state index in [0.717, 1.165) is 0 Å². The van der Waals surface area contributed by atoms with Gasteiger partial charge in [0.2, 0.25) is 0 Å². The Morgan fingerprint density at radius 3 is 2.67 bits per heavy atom. The smallest absolute Gasteiger partial charge is 0.188 e. The van der Waals surface area contributed by atoms with E-state index in [1.165, 1.54) is 6.92 Å². The van der Waals surface area contributed by atoms with Gasteiger partial charge in [0.25, 0.3) is 0 Å². The van der Waals surface area contributed by atoms with Crippen molar-refractivity contribution in [1.82, 2.24) is 0 Å². The molecule has 0 aliphatic heterocycles. The molecule has 0 aliphatic rings. The van der Waals surface area contributed by atoms with Gasteiger partial charge in [-0.2, -0.15) is 0 Å². The van der Waals surface area contributed by atoms with Crippen LogP contribution in [-0.4, -0.2) is 10.9 Å². The first-order chi connectivity index (χ1) is 4.16. The van der Waals surface area contributed by atoms with E-state index in [1.54, 1.807) is 12.2 Å². The van der Waals surface area contributed by atoms with Crippen LogP contribution in [0, 0.1) is 0 Å². The second kappa shape index (κ2) is 4.68. The van der Waals surface area contributed by atoms with Gasteiger partial charge in [-0.25, -0.2) is 9.38 Å². The first-order valence-corrected chi connectivity index (χ1v) is 3.46. The molecule has 0 heterocycles. The fourth-order valence-electron chi connectivity index (χ4n) is 0.351. The van der Waals surface area contributed by atoms with E-state index < -0.39 is 6.30 Å². The van der Waals surface area contributed by atoms with Crippen molar-refractivity contribution in [3.8, 4) is 0 Å². The number of allylic oxidation sites excluding steroid dienone is 2. The second-order valence-corrected chi connectivity index (χ2v) is 2.34. The van der Waals surface area contributed by atoms with Gasteiger partial charge in [-0.3, -0.25) is 0 Å². The standard InChI is InChI=1S/C6H9BrFN/c1-3-4-6(7)9-5(2)8/h3-5H,1-2H3/b4-3-,9-6?. The zero-order valence-corrected chi connectivity index (χ0v) is 7.02. The highest BCUT2D eigenvalue weighted by molar-refractivity contribution is 9.18. The van der Waals surface area contributed by atoms with E-state index in [4.69, 9.17) is 0 Å². The number of hydrogen-bond donors (Lipinski definition) is 0. The molecule has 0 aliphatic carbocycles. The summed E-state index contributed by atoms with van der Waals surface area (Å²) >= 11 is 3.06. The average Bonchev–Trinajstić information content (AvgIpc) is 1.63. The minimum Gasteiger partial charge on any atom is -0.242 e. The molecule has 52 valence electrons. The molecular formula is C6H9BrFN. The molecule has 1 unspecified atom stereocenters. The number of hydrogen-bond acceptors (Lipinski definition) is 1. The molecule has 1 atom stereocenters. The van der Waals surface area contributed by atoms with Crippen molar-refractivity contribution in [2.75, 3.05) is 0 Å². The van der Waals surface area contributed by atoms with Crippen molar-refractivity contribution in [3.63, 3.8) is 0 Å². The van der Waals surface area contributed by atoms with Crippen molar-refractivity contribution in [1.29, 1.82) is 0 Å². The van der Waals surface area contributed by atoms with Crippen LogP contribution in [0.3, 0.4) is 0 Å². The van der Waals surface area contributed by atoms with Crippen LogP contribution in [0.25, 0.3) is 0 Å². The van der Waals surface area contributed by atoms with Crippen molar-refractivity contribution in [3.05, 3.63) is 12.2 Å². The SMILES string of the molecule is C/C=C\C(Br)=NC(C)F. The summed E-state index contributed by atoms with van der Waals surface area (Å²) in [6.07, 6.45) is 2.35. The Labute approximate surface area is 62.8 Å². The fourth-order valence-corrected chi connectivity index (χ4v) is 0.897. The van der Waals surface area contributed by atoms with Gasteiger partial charge < -0.3 is 0 Å². The van der Waals surface area contributed by atoms with Crippen LogP contribution in [0.5, 0.6) is 0 Å². The Morgan fingerprint density at radius 2 is 2.33 bits per heavy atom. The predicted octanol–water partition coefficient (Wildman–Crippen LogP) is 2.67. The predicted molar refractivity (Wildman–Crippen MR) is 41.7 cm³/mol. The lowest BCUT2D eigenvalue weighted by atomic mass is 10.5. The normalized spacial score (nSPS) is 16.7. The van der Waals surface area contributed by atoms with Crippen LogP contribution in [0.4, 0.5) is 4.39 Å². The first kappa shape index (κ1) is 8.82. The van der Waals surface area contributed by atoms with Crippen molar-refractivity contribution in [2.24, 2.45) is 4.99 Å². The number of alkyl halides is 1. The van der Waals surface area contributed by atoms with E-state index in [9.17, 15) is 4.39 Å². The van der Waals surface area contributed by atoms with E-state index in [0.29, 0.717) is 4.62 Å². The maximum atomic E-state index is 12.0. The van der Waals surface area contributed by atoms with Crippen LogP contribution in [0.2, 0.25) is 0 Å². The summed E-state index contributed by atoms with van der Waals surface area (Å²) in [5.41, 5.74) is 0. The zero-order valence-electron chi connectivity index (χ0n) is 5.44. The number of nitrogens with zero attached hydrogens (tertiary/aromatic N) is 1. The van der Waals surface area contributed by atoms with Crippen LogP contribution in [0.1, 0.15) is 13.8 Å². The first-order valence-electron chi connectivity index (χ1n) is 2.67. The van der Waals surface area contributed by atoms with Crippen LogP contribution in [0.15, 0.2) is 17.1 Å². The topological polar surface area (TPSA) is 12.4 Å². The van der Waals surface area contributed by atoms with E-state index in [2.05, 4.69) is 20.9 Å². The lowest BCUT2D eigenvalue weighted by Gasteiger charge is -1.90. The molecule has 0 saturated heterocycles. The zero-order chi connectivity index (χ0) is 7.28. The van der Waals surface area contributed by atoms with Crippen molar-refractivity contribution in [2.45, 2.75) is 20.1 Å². The molecule has 0 aromatic rings. The summed E-state index contributed by atoms with van der Waals surface area (Å²) in [7, 11) is 0. The maximum absolute atomic E-state index is 12.0. The van der Waals surface area contributed by atoms with Gasteiger partial charge >= 0.3 is 0 Å². The van der Waals surface area contributed by atoms with Crippen LogP contribution < -0.4 is 0 Å². The van der Waals surface area contributed by atoms with Crippen molar-refractivity contribution < 1.29 is 4.39 Å². The lowest BCUT2D eigenvalue weighted by molar-refractivity contribution is 0.377. The molecule has 0 aromatic heterocycles. The highest BCUT2D eigenvalue weighted by Crippen LogP contribution is 1.97. The quantitative estimate of drug-likeness (QED) is 0.473. The minimum absolute atomic E-state index is 0.542. The van der Waals surface area contributed by atoms with Gasteiger partial charge in [-0.05, 0) is 35.9 Å². The molecule has 3 heteroatoms. The summed E-state index contributed by atoms with van der Waals surface area (Å²) in [4.78, 5) is 3.55. The highest BCUT2D eigenvalue weighted by Gasteiger charge is 1.91. The van der Waals surface area contributed by atoms with Gasteiger partial charge in [-0.15, -0.1) is 0 Å². The Hall–Kier alpha value is -0.180. The largest absolute Gasteiger partial charge is 0.242 e. The molecule has 0 saturated carbocycles. The Balaban J connectivity index is 3.84. The van der Waals surface area contributed by atoms with Crippen LogP contribution >= 0.6 is 15.9 Å². The number of aliphatic imine (C=N–C) groups is 1. The Morgan fingerprint density at radius 1 is 1.78 bits per heavy atom. The fraction of sp³-hybridized carbons (Fsp3) is 0.500. The molecule has 0 spiro atoms. The average molecular weight is 194 g/mol. The van der Waals surface area contributed by atoms with Gasteiger partial charge in [0.1, 0.15) is 4.62 Å². The number of halogens is 2. The number of rotatable bonds is 2. The van der Waals surface area contributed by atoms with E-state index in [-0.39, 0.29) is 0 Å². The minimum atomic E-state index is -1.13.